The number of rotatable bonds is 6. The van der Waals surface area contributed by atoms with Crippen molar-refractivity contribution in [1.29, 1.82) is 0 Å². The minimum absolute atomic E-state index is 0.103. The van der Waals surface area contributed by atoms with Crippen molar-refractivity contribution in [1.82, 2.24) is 0 Å². The Labute approximate surface area is 110 Å². The zero-order valence-corrected chi connectivity index (χ0v) is 11.4. The highest BCUT2D eigenvalue weighted by molar-refractivity contribution is 4.92. The first kappa shape index (κ1) is 14.3. The lowest BCUT2D eigenvalue weighted by Gasteiger charge is -2.39. The third kappa shape index (κ3) is 3.67. The summed E-state index contributed by atoms with van der Waals surface area (Å²) < 4.78 is 16.8. The van der Waals surface area contributed by atoms with Crippen molar-refractivity contribution in [2.75, 3.05) is 33.0 Å². The molecular weight excluding hydrogens is 232 g/mol. The van der Waals surface area contributed by atoms with Crippen molar-refractivity contribution in [3.05, 3.63) is 0 Å². The second-order valence-corrected chi connectivity index (χ2v) is 5.56. The Morgan fingerprint density at radius 2 is 2.28 bits per heavy atom. The molecule has 4 nitrogen and oxygen atoms in total. The van der Waals surface area contributed by atoms with Gasteiger partial charge in [0, 0.05) is 32.8 Å². The molecule has 0 radical (unpaired) electrons. The fourth-order valence-electron chi connectivity index (χ4n) is 2.94. The molecule has 0 saturated carbocycles. The molecule has 1 spiro atoms. The van der Waals surface area contributed by atoms with Gasteiger partial charge in [-0.1, -0.05) is 6.92 Å². The maximum atomic E-state index is 10.2. The zero-order valence-electron chi connectivity index (χ0n) is 11.4. The Balaban J connectivity index is 1.74. The number of hydrogen-bond donors (Lipinski definition) is 1. The van der Waals surface area contributed by atoms with Crippen molar-refractivity contribution in [2.45, 2.75) is 50.7 Å². The fourth-order valence-corrected chi connectivity index (χ4v) is 2.94. The minimum Gasteiger partial charge on any atom is -0.393 e. The maximum absolute atomic E-state index is 10.2. The molecule has 106 valence electrons. The lowest BCUT2D eigenvalue weighted by atomic mass is 9.81. The minimum atomic E-state index is -0.261. The molecule has 2 saturated heterocycles. The Hall–Kier alpha value is -0.160. The molecule has 18 heavy (non-hydrogen) atoms. The average Bonchev–Trinajstić information content (AvgIpc) is 2.82. The van der Waals surface area contributed by atoms with Gasteiger partial charge in [0.25, 0.3) is 0 Å². The number of ether oxygens (including phenoxy) is 3. The van der Waals surface area contributed by atoms with E-state index >= 15 is 0 Å². The van der Waals surface area contributed by atoms with Crippen LogP contribution in [-0.2, 0) is 14.2 Å². The number of hydrogen-bond acceptors (Lipinski definition) is 4. The van der Waals surface area contributed by atoms with Crippen LogP contribution in [0.15, 0.2) is 0 Å². The van der Waals surface area contributed by atoms with E-state index < -0.39 is 0 Å². The second kappa shape index (κ2) is 6.85. The molecule has 3 unspecified atom stereocenters. The van der Waals surface area contributed by atoms with Gasteiger partial charge in [0.2, 0.25) is 0 Å². The van der Waals surface area contributed by atoms with Gasteiger partial charge >= 0.3 is 0 Å². The normalized spacial score (nSPS) is 34.0. The van der Waals surface area contributed by atoms with Crippen LogP contribution in [0.1, 0.15) is 39.0 Å². The van der Waals surface area contributed by atoms with E-state index in [4.69, 9.17) is 14.2 Å². The van der Waals surface area contributed by atoms with E-state index in [0.717, 1.165) is 51.9 Å². The monoisotopic (exact) mass is 258 g/mol. The van der Waals surface area contributed by atoms with Crippen LogP contribution in [0.2, 0.25) is 0 Å². The van der Waals surface area contributed by atoms with E-state index in [1.165, 1.54) is 0 Å². The van der Waals surface area contributed by atoms with Gasteiger partial charge in [-0.25, -0.2) is 0 Å². The average molecular weight is 258 g/mol. The summed E-state index contributed by atoms with van der Waals surface area (Å²) in [5, 5.41) is 10.2. The van der Waals surface area contributed by atoms with E-state index in [1.807, 2.05) is 0 Å². The molecule has 2 fully saturated rings. The van der Waals surface area contributed by atoms with Crippen molar-refractivity contribution in [2.24, 2.45) is 5.92 Å². The third-order valence-electron chi connectivity index (χ3n) is 4.05. The number of aliphatic hydroxyl groups excluding tert-OH is 1. The smallest absolute Gasteiger partial charge is 0.0940 e. The molecule has 2 aliphatic rings. The van der Waals surface area contributed by atoms with Crippen LogP contribution in [0.5, 0.6) is 0 Å². The third-order valence-corrected chi connectivity index (χ3v) is 4.05. The topological polar surface area (TPSA) is 47.9 Å². The van der Waals surface area contributed by atoms with Gasteiger partial charge in [-0.15, -0.1) is 0 Å². The number of aliphatic hydroxyl groups is 1. The highest BCUT2D eigenvalue weighted by atomic mass is 16.6. The molecule has 0 bridgehead atoms. The van der Waals surface area contributed by atoms with Gasteiger partial charge in [-0.2, -0.15) is 0 Å². The molecule has 1 N–H and O–H groups in total. The second-order valence-electron chi connectivity index (χ2n) is 5.56. The summed E-state index contributed by atoms with van der Waals surface area (Å²) in [5.74, 6) is 0.339. The van der Waals surface area contributed by atoms with Gasteiger partial charge in [0.15, 0.2) is 0 Å². The van der Waals surface area contributed by atoms with Crippen molar-refractivity contribution >= 4 is 0 Å². The van der Waals surface area contributed by atoms with Gasteiger partial charge in [0.05, 0.1) is 18.3 Å². The van der Waals surface area contributed by atoms with Gasteiger partial charge < -0.3 is 19.3 Å². The van der Waals surface area contributed by atoms with Gasteiger partial charge in [-0.05, 0) is 31.6 Å². The maximum Gasteiger partial charge on any atom is 0.0940 e. The largest absolute Gasteiger partial charge is 0.393 e. The summed E-state index contributed by atoms with van der Waals surface area (Å²) in [4.78, 5) is 0. The summed E-state index contributed by atoms with van der Waals surface area (Å²) in [6.07, 6.45) is 4.37. The molecular formula is C14H26O4. The molecule has 4 heteroatoms. The van der Waals surface area contributed by atoms with E-state index in [1.54, 1.807) is 0 Å². The quantitative estimate of drug-likeness (QED) is 0.737. The first-order valence-corrected chi connectivity index (χ1v) is 7.23. The van der Waals surface area contributed by atoms with Crippen LogP contribution in [0, 0.1) is 5.92 Å². The Bertz CT molecular complexity index is 238. The molecule has 0 aliphatic carbocycles. The van der Waals surface area contributed by atoms with Crippen LogP contribution in [-0.4, -0.2) is 49.8 Å². The SMILES string of the molecule is CCCOCCC(O)C1CCOC2(CCOC2)C1. The molecule has 2 aliphatic heterocycles. The van der Waals surface area contributed by atoms with Gasteiger partial charge in [-0.3, -0.25) is 0 Å². The highest BCUT2D eigenvalue weighted by Crippen LogP contribution is 2.37. The molecule has 0 aromatic rings. The fraction of sp³-hybridized carbons (Fsp3) is 1.00. The van der Waals surface area contributed by atoms with E-state index in [-0.39, 0.29) is 11.7 Å². The predicted octanol–water partition coefficient (Wildman–Crippen LogP) is 1.75. The lowest BCUT2D eigenvalue weighted by Crippen LogP contribution is -2.43. The van der Waals surface area contributed by atoms with E-state index in [9.17, 15) is 5.11 Å². The molecule has 2 rings (SSSR count). The zero-order chi connectivity index (χ0) is 12.8. The Morgan fingerprint density at radius 3 is 3.00 bits per heavy atom. The molecule has 0 amide bonds. The first-order valence-electron chi connectivity index (χ1n) is 7.23. The molecule has 0 aromatic carbocycles. The first-order chi connectivity index (χ1) is 8.76. The highest BCUT2D eigenvalue weighted by Gasteiger charge is 2.42. The van der Waals surface area contributed by atoms with Crippen LogP contribution in [0.4, 0.5) is 0 Å². The van der Waals surface area contributed by atoms with E-state index in [2.05, 4.69) is 6.92 Å². The molecule has 2 heterocycles. The Kier molecular flexibility index (Phi) is 5.42. The van der Waals surface area contributed by atoms with E-state index in [0.29, 0.717) is 19.1 Å². The molecule has 0 aromatic heterocycles. The van der Waals surface area contributed by atoms with Crippen LogP contribution in [0.25, 0.3) is 0 Å². The van der Waals surface area contributed by atoms with Crippen molar-refractivity contribution < 1.29 is 19.3 Å². The summed E-state index contributed by atoms with van der Waals surface area (Å²) in [6.45, 7) is 5.79. The van der Waals surface area contributed by atoms with Crippen molar-refractivity contribution in [3.8, 4) is 0 Å². The van der Waals surface area contributed by atoms with Crippen LogP contribution < -0.4 is 0 Å². The standard InChI is InChI=1S/C14H26O4/c1-2-6-16-7-4-13(15)12-3-8-18-14(10-12)5-9-17-11-14/h12-13,15H,2-11H2,1H3. The van der Waals surface area contributed by atoms with Gasteiger partial charge in [0.1, 0.15) is 0 Å². The summed E-state index contributed by atoms with van der Waals surface area (Å²) in [5.41, 5.74) is -0.103. The Morgan fingerprint density at radius 1 is 1.39 bits per heavy atom. The molecule has 3 atom stereocenters. The lowest BCUT2D eigenvalue weighted by molar-refractivity contribution is -0.118. The van der Waals surface area contributed by atoms with Crippen molar-refractivity contribution in [3.63, 3.8) is 0 Å². The van der Waals surface area contributed by atoms with Crippen LogP contribution >= 0.6 is 0 Å². The summed E-state index contributed by atoms with van der Waals surface area (Å²) in [7, 11) is 0. The summed E-state index contributed by atoms with van der Waals surface area (Å²) in [6, 6.07) is 0. The predicted molar refractivity (Wildman–Crippen MR) is 68.6 cm³/mol. The summed E-state index contributed by atoms with van der Waals surface area (Å²) >= 11 is 0. The van der Waals surface area contributed by atoms with Crippen LogP contribution in [0.3, 0.4) is 0 Å².